The zero-order chi connectivity index (χ0) is 15.6. The van der Waals surface area contributed by atoms with E-state index in [1.807, 2.05) is 39.0 Å². The molecule has 1 aromatic rings. The standard InChI is InChI=1S/C16H21BrN2O2/c1-4-11(3)18-16(21)12-8-15(20)19(9-12)14-6-5-10(2)7-13(14)17/h5-7,11-12H,4,8-9H2,1-3H3,(H,18,21). The molecular formula is C16H21BrN2O2. The van der Waals surface area contributed by atoms with Crippen LogP contribution >= 0.6 is 15.9 Å². The molecule has 4 nitrogen and oxygen atoms in total. The van der Waals surface area contributed by atoms with Crippen LogP contribution in [0.3, 0.4) is 0 Å². The van der Waals surface area contributed by atoms with Gasteiger partial charge in [0.15, 0.2) is 0 Å². The summed E-state index contributed by atoms with van der Waals surface area (Å²) in [5.74, 6) is -0.285. The molecule has 0 spiro atoms. The van der Waals surface area contributed by atoms with Gasteiger partial charge in [0.05, 0.1) is 11.6 Å². The van der Waals surface area contributed by atoms with E-state index in [0.29, 0.717) is 6.54 Å². The lowest BCUT2D eigenvalue weighted by atomic mass is 10.1. The predicted octanol–water partition coefficient (Wildman–Crippen LogP) is 3.03. The van der Waals surface area contributed by atoms with E-state index in [0.717, 1.165) is 22.1 Å². The zero-order valence-electron chi connectivity index (χ0n) is 12.6. The molecule has 0 aromatic heterocycles. The summed E-state index contributed by atoms with van der Waals surface area (Å²) in [7, 11) is 0. The van der Waals surface area contributed by atoms with E-state index < -0.39 is 0 Å². The second kappa shape index (κ2) is 6.60. The molecule has 0 saturated carbocycles. The Hall–Kier alpha value is -1.36. The van der Waals surface area contributed by atoms with Crippen molar-refractivity contribution in [2.45, 2.75) is 39.7 Å². The summed E-state index contributed by atoms with van der Waals surface area (Å²) in [4.78, 5) is 26.1. The molecule has 0 bridgehead atoms. The van der Waals surface area contributed by atoms with Gasteiger partial charge in [-0.1, -0.05) is 13.0 Å². The zero-order valence-corrected chi connectivity index (χ0v) is 14.2. The Bertz CT molecular complexity index is 559. The van der Waals surface area contributed by atoms with Crippen molar-refractivity contribution in [1.82, 2.24) is 5.32 Å². The van der Waals surface area contributed by atoms with Crippen LogP contribution in [0, 0.1) is 12.8 Å². The maximum Gasteiger partial charge on any atom is 0.227 e. The second-order valence-electron chi connectivity index (χ2n) is 5.68. The lowest BCUT2D eigenvalue weighted by Crippen LogP contribution is -2.38. The van der Waals surface area contributed by atoms with Gasteiger partial charge in [-0.3, -0.25) is 9.59 Å². The maximum absolute atomic E-state index is 12.2. The molecule has 2 rings (SSSR count). The van der Waals surface area contributed by atoms with Gasteiger partial charge < -0.3 is 10.2 Å². The number of hydrogen-bond donors (Lipinski definition) is 1. The fourth-order valence-electron chi connectivity index (χ4n) is 2.41. The molecule has 2 amide bonds. The number of nitrogens with one attached hydrogen (secondary N) is 1. The maximum atomic E-state index is 12.2. The molecule has 1 heterocycles. The van der Waals surface area contributed by atoms with Crippen LogP contribution in [0.1, 0.15) is 32.3 Å². The number of benzene rings is 1. The molecule has 5 heteroatoms. The molecule has 1 N–H and O–H groups in total. The van der Waals surface area contributed by atoms with Gasteiger partial charge in [-0.25, -0.2) is 0 Å². The number of amides is 2. The molecule has 1 fully saturated rings. The minimum absolute atomic E-state index is 0.00357. The van der Waals surface area contributed by atoms with E-state index in [4.69, 9.17) is 0 Å². The number of carbonyl (C=O) groups is 2. The van der Waals surface area contributed by atoms with Crippen molar-refractivity contribution in [1.29, 1.82) is 0 Å². The molecule has 2 unspecified atom stereocenters. The van der Waals surface area contributed by atoms with E-state index in [9.17, 15) is 9.59 Å². The highest BCUT2D eigenvalue weighted by Crippen LogP contribution is 2.32. The van der Waals surface area contributed by atoms with Gasteiger partial charge in [0.1, 0.15) is 0 Å². The molecule has 1 aliphatic heterocycles. The highest BCUT2D eigenvalue weighted by Gasteiger charge is 2.36. The molecule has 21 heavy (non-hydrogen) atoms. The lowest BCUT2D eigenvalue weighted by Gasteiger charge is -2.19. The van der Waals surface area contributed by atoms with Crippen molar-refractivity contribution < 1.29 is 9.59 Å². The Labute approximate surface area is 134 Å². The van der Waals surface area contributed by atoms with Crippen molar-refractivity contribution in [3.8, 4) is 0 Å². The highest BCUT2D eigenvalue weighted by molar-refractivity contribution is 9.10. The molecule has 1 aliphatic rings. The average Bonchev–Trinajstić information content (AvgIpc) is 2.80. The van der Waals surface area contributed by atoms with Gasteiger partial charge in [-0.15, -0.1) is 0 Å². The first kappa shape index (κ1) is 16.0. The number of rotatable bonds is 4. The van der Waals surface area contributed by atoms with Crippen molar-refractivity contribution >= 4 is 33.4 Å². The van der Waals surface area contributed by atoms with Gasteiger partial charge in [0.2, 0.25) is 11.8 Å². The Kier molecular flexibility index (Phi) is 5.04. The van der Waals surface area contributed by atoms with Crippen LogP contribution in [0.5, 0.6) is 0 Å². The molecule has 114 valence electrons. The summed E-state index contributed by atoms with van der Waals surface area (Å²) >= 11 is 3.50. The Morgan fingerprint density at radius 1 is 1.52 bits per heavy atom. The monoisotopic (exact) mass is 352 g/mol. The minimum Gasteiger partial charge on any atom is -0.353 e. The topological polar surface area (TPSA) is 49.4 Å². The SMILES string of the molecule is CCC(C)NC(=O)C1CC(=O)N(c2ccc(C)cc2Br)C1. The van der Waals surface area contributed by atoms with E-state index >= 15 is 0 Å². The first-order valence-electron chi connectivity index (χ1n) is 7.29. The average molecular weight is 353 g/mol. The van der Waals surface area contributed by atoms with Crippen LogP contribution in [0.25, 0.3) is 0 Å². The third-order valence-corrected chi connectivity index (χ3v) is 4.53. The summed E-state index contributed by atoms with van der Waals surface area (Å²) < 4.78 is 0.888. The number of nitrogens with zero attached hydrogens (tertiary/aromatic N) is 1. The van der Waals surface area contributed by atoms with Gasteiger partial charge in [0.25, 0.3) is 0 Å². The molecule has 0 aliphatic carbocycles. The largest absolute Gasteiger partial charge is 0.353 e. The molecular weight excluding hydrogens is 332 g/mol. The lowest BCUT2D eigenvalue weighted by molar-refractivity contribution is -0.126. The molecule has 0 radical (unpaired) electrons. The first-order chi connectivity index (χ1) is 9.92. The van der Waals surface area contributed by atoms with Gasteiger partial charge >= 0.3 is 0 Å². The van der Waals surface area contributed by atoms with Crippen molar-refractivity contribution in [2.75, 3.05) is 11.4 Å². The van der Waals surface area contributed by atoms with E-state index in [-0.39, 0.29) is 30.2 Å². The second-order valence-corrected chi connectivity index (χ2v) is 6.53. The fourth-order valence-corrected chi connectivity index (χ4v) is 3.12. The summed E-state index contributed by atoms with van der Waals surface area (Å²) in [6, 6.07) is 6.02. The normalized spacial score (nSPS) is 19.7. The summed E-state index contributed by atoms with van der Waals surface area (Å²) in [6.07, 6.45) is 1.17. The van der Waals surface area contributed by atoms with E-state index in [2.05, 4.69) is 21.2 Å². The summed E-state index contributed by atoms with van der Waals surface area (Å²) in [5.41, 5.74) is 1.97. The van der Waals surface area contributed by atoms with E-state index in [1.54, 1.807) is 4.90 Å². The first-order valence-corrected chi connectivity index (χ1v) is 8.08. The third kappa shape index (κ3) is 3.64. The minimum atomic E-state index is -0.264. The van der Waals surface area contributed by atoms with Crippen molar-refractivity contribution in [2.24, 2.45) is 5.92 Å². The Morgan fingerprint density at radius 2 is 2.24 bits per heavy atom. The number of carbonyl (C=O) groups excluding carboxylic acids is 2. The van der Waals surface area contributed by atoms with Crippen LogP contribution in [0.15, 0.2) is 22.7 Å². The molecule has 2 atom stereocenters. The van der Waals surface area contributed by atoms with E-state index in [1.165, 1.54) is 0 Å². The van der Waals surface area contributed by atoms with Crippen LogP contribution in [0.2, 0.25) is 0 Å². The Balaban J connectivity index is 2.11. The number of aryl methyl sites for hydroxylation is 1. The predicted molar refractivity (Wildman–Crippen MR) is 87.2 cm³/mol. The van der Waals surface area contributed by atoms with Gasteiger partial charge in [0, 0.05) is 23.5 Å². The molecule has 1 aromatic carbocycles. The fraction of sp³-hybridized carbons (Fsp3) is 0.500. The number of anilines is 1. The van der Waals surface area contributed by atoms with Crippen LogP contribution < -0.4 is 10.2 Å². The van der Waals surface area contributed by atoms with Crippen molar-refractivity contribution in [3.63, 3.8) is 0 Å². The number of hydrogen-bond acceptors (Lipinski definition) is 2. The molecule has 1 saturated heterocycles. The van der Waals surface area contributed by atoms with Gasteiger partial charge in [-0.2, -0.15) is 0 Å². The van der Waals surface area contributed by atoms with Crippen LogP contribution in [0.4, 0.5) is 5.69 Å². The summed E-state index contributed by atoms with van der Waals surface area (Å²) in [5, 5.41) is 2.96. The Morgan fingerprint density at radius 3 is 2.86 bits per heavy atom. The quantitative estimate of drug-likeness (QED) is 0.905. The van der Waals surface area contributed by atoms with Crippen LogP contribution in [-0.2, 0) is 9.59 Å². The third-order valence-electron chi connectivity index (χ3n) is 3.89. The number of halogens is 1. The highest BCUT2D eigenvalue weighted by atomic mass is 79.9. The smallest absolute Gasteiger partial charge is 0.227 e. The van der Waals surface area contributed by atoms with Gasteiger partial charge in [-0.05, 0) is 53.9 Å². The van der Waals surface area contributed by atoms with Crippen molar-refractivity contribution in [3.05, 3.63) is 28.2 Å². The summed E-state index contributed by atoms with van der Waals surface area (Å²) in [6.45, 7) is 6.45. The van der Waals surface area contributed by atoms with Crippen LogP contribution in [-0.4, -0.2) is 24.4 Å².